The average Bonchev–Trinajstić information content (AvgIpc) is 3.25. The molecule has 2 aromatic rings. The molecule has 0 aliphatic heterocycles. The van der Waals surface area contributed by atoms with Crippen LogP contribution in [0, 0.1) is 11.6 Å². The van der Waals surface area contributed by atoms with E-state index < -0.39 is 11.6 Å². The third-order valence-electron chi connectivity index (χ3n) is 3.39. The quantitative estimate of drug-likeness (QED) is 0.878. The molecular formula is C16H15F2N. The molecule has 2 aromatic carbocycles. The third kappa shape index (κ3) is 2.82. The second kappa shape index (κ2) is 5.10. The van der Waals surface area contributed by atoms with E-state index in [1.165, 1.54) is 18.9 Å². The van der Waals surface area contributed by atoms with Gasteiger partial charge in [0.25, 0.3) is 0 Å². The Morgan fingerprint density at radius 3 is 2.42 bits per heavy atom. The summed E-state index contributed by atoms with van der Waals surface area (Å²) in [6.45, 7) is 0.830. The normalized spacial score (nSPS) is 14.6. The molecule has 1 nitrogen and oxygen atoms in total. The summed E-state index contributed by atoms with van der Waals surface area (Å²) in [6, 6.07) is 12.5. The summed E-state index contributed by atoms with van der Waals surface area (Å²) >= 11 is 0. The Hall–Kier alpha value is -1.74. The van der Waals surface area contributed by atoms with Crippen molar-refractivity contribution in [3.63, 3.8) is 0 Å². The molecule has 0 heterocycles. The first-order valence-electron chi connectivity index (χ1n) is 6.51. The van der Waals surface area contributed by atoms with Crippen molar-refractivity contribution in [1.82, 2.24) is 5.32 Å². The Bertz CT molecular complexity index is 574. The largest absolute Gasteiger partial charge is 0.310 e. The topological polar surface area (TPSA) is 12.0 Å². The number of rotatable bonds is 4. The van der Waals surface area contributed by atoms with Crippen LogP contribution in [0.3, 0.4) is 0 Å². The first-order valence-corrected chi connectivity index (χ1v) is 6.51. The Morgan fingerprint density at radius 2 is 1.74 bits per heavy atom. The molecule has 0 aromatic heterocycles. The maximum Gasteiger partial charge on any atom is 0.166 e. The van der Waals surface area contributed by atoms with E-state index in [4.69, 9.17) is 0 Å². The van der Waals surface area contributed by atoms with Gasteiger partial charge in [-0.2, -0.15) is 0 Å². The van der Waals surface area contributed by atoms with Gasteiger partial charge in [-0.1, -0.05) is 36.4 Å². The van der Waals surface area contributed by atoms with Crippen molar-refractivity contribution in [2.45, 2.75) is 25.4 Å². The second-order valence-electron chi connectivity index (χ2n) is 4.95. The van der Waals surface area contributed by atoms with Gasteiger partial charge < -0.3 is 5.32 Å². The van der Waals surface area contributed by atoms with Gasteiger partial charge in [0.05, 0.1) is 0 Å². The van der Waals surface area contributed by atoms with Crippen LogP contribution >= 0.6 is 0 Å². The number of hydrogen-bond donors (Lipinski definition) is 1. The molecule has 0 radical (unpaired) electrons. The van der Waals surface area contributed by atoms with Crippen molar-refractivity contribution in [2.24, 2.45) is 0 Å². The van der Waals surface area contributed by atoms with E-state index in [0.29, 0.717) is 17.2 Å². The van der Waals surface area contributed by atoms with Crippen molar-refractivity contribution >= 4 is 0 Å². The highest BCUT2D eigenvalue weighted by molar-refractivity contribution is 5.64. The van der Waals surface area contributed by atoms with Gasteiger partial charge >= 0.3 is 0 Å². The molecule has 1 saturated carbocycles. The van der Waals surface area contributed by atoms with Crippen molar-refractivity contribution in [3.05, 3.63) is 59.7 Å². The van der Waals surface area contributed by atoms with Gasteiger partial charge in [-0.05, 0) is 30.0 Å². The molecule has 3 heteroatoms. The Morgan fingerprint density at radius 1 is 1.00 bits per heavy atom. The van der Waals surface area contributed by atoms with E-state index in [1.807, 2.05) is 24.3 Å². The Labute approximate surface area is 111 Å². The van der Waals surface area contributed by atoms with Gasteiger partial charge in [0, 0.05) is 18.2 Å². The van der Waals surface area contributed by atoms with E-state index >= 15 is 0 Å². The van der Waals surface area contributed by atoms with Crippen molar-refractivity contribution in [2.75, 3.05) is 0 Å². The van der Waals surface area contributed by atoms with Crippen LogP contribution in [0.1, 0.15) is 18.4 Å². The van der Waals surface area contributed by atoms with Crippen LogP contribution in [0.5, 0.6) is 0 Å². The van der Waals surface area contributed by atoms with Crippen LogP contribution in [-0.2, 0) is 6.54 Å². The van der Waals surface area contributed by atoms with Crippen molar-refractivity contribution < 1.29 is 8.78 Å². The second-order valence-corrected chi connectivity index (χ2v) is 4.95. The molecule has 1 aliphatic carbocycles. The number of benzene rings is 2. The van der Waals surface area contributed by atoms with Crippen LogP contribution < -0.4 is 5.32 Å². The summed E-state index contributed by atoms with van der Waals surface area (Å²) in [5.74, 6) is -1.59. The van der Waals surface area contributed by atoms with Crippen molar-refractivity contribution in [3.8, 4) is 11.1 Å². The molecule has 3 rings (SSSR count). The first kappa shape index (κ1) is 12.3. The summed E-state index contributed by atoms with van der Waals surface area (Å²) in [7, 11) is 0. The average molecular weight is 259 g/mol. The fourth-order valence-electron chi connectivity index (χ4n) is 2.08. The highest BCUT2D eigenvalue weighted by Gasteiger charge is 2.19. The minimum atomic E-state index is -0.808. The summed E-state index contributed by atoms with van der Waals surface area (Å²) in [6.07, 6.45) is 2.51. The maximum atomic E-state index is 13.7. The Kier molecular flexibility index (Phi) is 3.30. The zero-order valence-electron chi connectivity index (χ0n) is 10.5. The molecule has 0 amide bonds. The van der Waals surface area contributed by atoms with E-state index in [9.17, 15) is 8.78 Å². The van der Waals surface area contributed by atoms with Crippen LogP contribution in [0.4, 0.5) is 8.78 Å². The van der Waals surface area contributed by atoms with Crippen LogP contribution in [0.2, 0.25) is 0 Å². The van der Waals surface area contributed by atoms with Gasteiger partial charge in [0.1, 0.15) is 0 Å². The molecule has 1 aliphatic rings. The highest BCUT2D eigenvalue weighted by Crippen LogP contribution is 2.25. The minimum absolute atomic E-state index is 0.307. The monoisotopic (exact) mass is 259 g/mol. The molecule has 0 unspecified atom stereocenters. The Balaban J connectivity index is 1.79. The molecule has 98 valence electrons. The smallest absolute Gasteiger partial charge is 0.166 e. The number of nitrogens with one attached hydrogen (secondary N) is 1. The molecule has 1 N–H and O–H groups in total. The predicted octanol–water partition coefficient (Wildman–Crippen LogP) is 3.88. The van der Waals surface area contributed by atoms with Gasteiger partial charge in [0.2, 0.25) is 0 Å². The van der Waals surface area contributed by atoms with Crippen molar-refractivity contribution in [1.29, 1.82) is 0 Å². The standard InChI is InChI=1S/C16H15F2N/c17-15-3-1-2-14(16(15)18)12-6-4-11(5-7-12)10-19-13-8-9-13/h1-7,13,19H,8-10H2. The molecule has 0 bridgehead atoms. The van der Waals surface area contributed by atoms with E-state index in [1.54, 1.807) is 6.07 Å². The predicted molar refractivity (Wildman–Crippen MR) is 71.7 cm³/mol. The van der Waals surface area contributed by atoms with Gasteiger partial charge in [-0.3, -0.25) is 0 Å². The lowest BCUT2D eigenvalue weighted by Gasteiger charge is -2.07. The van der Waals surface area contributed by atoms with Crippen LogP contribution in [0.15, 0.2) is 42.5 Å². The summed E-state index contributed by atoms with van der Waals surface area (Å²) in [4.78, 5) is 0. The molecular weight excluding hydrogens is 244 g/mol. The van der Waals surface area contributed by atoms with Gasteiger partial charge in [-0.25, -0.2) is 8.78 Å². The number of hydrogen-bond acceptors (Lipinski definition) is 1. The lowest BCUT2D eigenvalue weighted by atomic mass is 10.0. The molecule has 0 atom stereocenters. The molecule has 0 saturated heterocycles. The van der Waals surface area contributed by atoms with Gasteiger partial charge in [0.15, 0.2) is 11.6 Å². The fourth-order valence-corrected chi connectivity index (χ4v) is 2.08. The van der Waals surface area contributed by atoms with E-state index in [2.05, 4.69) is 5.32 Å². The number of halogens is 2. The zero-order chi connectivity index (χ0) is 13.2. The summed E-state index contributed by atoms with van der Waals surface area (Å²) < 4.78 is 26.8. The van der Waals surface area contributed by atoms with E-state index in [0.717, 1.165) is 18.2 Å². The first-order chi connectivity index (χ1) is 9.24. The van der Waals surface area contributed by atoms with E-state index in [-0.39, 0.29) is 0 Å². The maximum absolute atomic E-state index is 13.7. The minimum Gasteiger partial charge on any atom is -0.310 e. The fraction of sp³-hybridized carbons (Fsp3) is 0.250. The molecule has 0 spiro atoms. The molecule has 1 fully saturated rings. The SMILES string of the molecule is Fc1cccc(-c2ccc(CNC3CC3)cc2)c1F. The van der Waals surface area contributed by atoms with Crippen LogP contribution in [-0.4, -0.2) is 6.04 Å². The van der Waals surface area contributed by atoms with Gasteiger partial charge in [-0.15, -0.1) is 0 Å². The zero-order valence-corrected chi connectivity index (χ0v) is 10.5. The lowest BCUT2D eigenvalue weighted by molar-refractivity contribution is 0.511. The summed E-state index contributed by atoms with van der Waals surface area (Å²) in [5, 5.41) is 3.42. The highest BCUT2D eigenvalue weighted by atomic mass is 19.2. The third-order valence-corrected chi connectivity index (χ3v) is 3.39. The summed E-state index contributed by atoms with van der Waals surface area (Å²) in [5.41, 5.74) is 2.17. The van der Waals surface area contributed by atoms with Crippen LogP contribution in [0.25, 0.3) is 11.1 Å². The lowest BCUT2D eigenvalue weighted by Crippen LogP contribution is -2.15. The molecule has 19 heavy (non-hydrogen) atoms.